The summed E-state index contributed by atoms with van der Waals surface area (Å²) in [5, 5.41) is 0. The maximum Gasteiger partial charge on any atom is 0.433 e. The highest BCUT2D eigenvalue weighted by Crippen LogP contribution is 2.47. The smallest absolute Gasteiger partial charge is 0.381 e. The molecule has 1 aromatic heterocycles. The van der Waals surface area contributed by atoms with Gasteiger partial charge in [0.2, 0.25) is 5.95 Å². The van der Waals surface area contributed by atoms with Crippen LogP contribution in [-0.4, -0.2) is 50.4 Å². The van der Waals surface area contributed by atoms with E-state index < -0.39 is 11.9 Å². The first kappa shape index (κ1) is 18.2. The fourth-order valence-electron chi connectivity index (χ4n) is 4.23. The van der Waals surface area contributed by atoms with Crippen molar-refractivity contribution in [2.24, 2.45) is 5.41 Å². The molecule has 0 radical (unpaired) electrons. The van der Waals surface area contributed by atoms with E-state index in [0.29, 0.717) is 18.9 Å². The normalized spacial score (nSPS) is 27.1. The largest absolute Gasteiger partial charge is 0.433 e. The third kappa shape index (κ3) is 3.54. The summed E-state index contributed by atoms with van der Waals surface area (Å²) < 4.78 is 45.4. The number of hydrogen-bond donors (Lipinski definition) is 0. The molecule has 5 nitrogen and oxygen atoms in total. The fraction of sp³-hybridized carbons (Fsp3) is 0.765. The van der Waals surface area contributed by atoms with Gasteiger partial charge in [0.15, 0.2) is 5.69 Å². The monoisotopic (exact) mass is 358 g/mol. The molecule has 8 heteroatoms. The van der Waals surface area contributed by atoms with E-state index in [2.05, 4.69) is 9.97 Å². The summed E-state index contributed by atoms with van der Waals surface area (Å²) in [5.74, 6) is 0.436. The number of ether oxygens (including phenoxy) is 1. The SMILES string of the molecule is CO[C@@H]1CCC[C@@]12CCCN(c1cc(C(F)(F)F)nc(N(C)C)n1)C2. The molecule has 0 unspecified atom stereocenters. The van der Waals surface area contributed by atoms with Crippen LogP contribution in [0, 0.1) is 5.41 Å². The van der Waals surface area contributed by atoms with Crippen LogP contribution in [0.1, 0.15) is 37.8 Å². The molecule has 2 atom stereocenters. The van der Waals surface area contributed by atoms with Crippen LogP contribution in [-0.2, 0) is 10.9 Å². The predicted molar refractivity (Wildman–Crippen MR) is 89.9 cm³/mol. The number of nitrogens with zero attached hydrogens (tertiary/aromatic N) is 4. The Morgan fingerprint density at radius 3 is 2.60 bits per heavy atom. The van der Waals surface area contributed by atoms with Gasteiger partial charge in [0, 0.05) is 45.8 Å². The molecule has 1 aliphatic heterocycles. The van der Waals surface area contributed by atoms with E-state index in [1.807, 2.05) is 4.90 Å². The van der Waals surface area contributed by atoms with Gasteiger partial charge in [-0.05, 0) is 25.7 Å². The molecule has 0 bridgehead atoms. The van der Waals surface area contributed by atoms with Crippen LogP contribution in [0.25, 0.3) is 0 Å². The quantitative estimate of drug-likeness (QED) is 0.829. The number of halogens is 3. The molecule has 3 rings (SSSR count). The van der Waals surface area contributed by atoms with Gasteiger partial charge in [-0.15, -0.1) is 0 Å². The Bertz CT molecular complexity index is 622. The highest BCUT2D eigenvalue weighted by atomic mass is 19.4. The van der Waals surface area contributed by atoms with Gasteiger partial charge in [-0.2, -0.15) is 18.2 Å². The van der Waals surface area contributed by atoms with E-state index in [0.717, 1.165) is 38.2 Å². The number of piperidine rings is 1. The molecule has 1 aromatic rings. The number of hydrogen-bond acceptors (Lipinski definition) is 5. The van der Waals surface area contributed by atoms with E-state index in [-0.39, 0.29) is 17.5 Å². The highest BCUT2D eigenvalue weighted by Gasteiger charge is 2.46. The maximum absolute atomic E-state index is 13.2. The summed E-state index contributed by atoms with van der Waals surface area (Å²) in [6, 6.07) is 1.07. The van der Waals surface area contributed by atoms with Crippen molar-refractivity contribution in [3.63, 3.8) is 0 Å². The van der Waals surface area contributed by atoms with Gasteiger partial charge in [-0.1, -0.05) is 6.42 Å². The molecule has 1 spiro atoms. The summed E-state index contributed by atoms with van der Waals surface area (Å²) in [6.07, 6.45) is 0.852. The zero-order valence-electron chi connectivity index (χ0n) is 14.9. The molecule has 1 saturated carbocycles. The fourth-order valence-corrected chi connectivity index (χ4v) is 4.23. The Morgan fingerprint density at radius 2 is 1.96 bits per heavy atom. The first-order valence-electron chi connectivity index (χ1n) is 8.66. The van der Waals surface area contributed by atoms with Crippen molar-refractivity contribution in [2.45, 2.75) is 44.4 Å². The molecule has 1 saturated heterocycles. The molecule has 140 valence electrons. The van der Waals surface area contributed by atoms with Crippen molar-refractivity contribution in [2.75, 3.05) is 44.1 Å². The maximum atomic E-state index is 13.2. The topological polar surface area (TPSA) is 41.5 Å². The van der Waals surface area contributed by atoms with Crippen LogP contribution in [0.2, 0.25) is 0 Å². The molecular weight excluding hydrogens is 333 g/mol. The van der Waals surface area contributed by atoms with Gasteiger partial charge in [0.05, 0.1) is 6.10 Å². The number of methoxy groups -OCH3 is 1. The number of alkyl halides is 3. The predicted octanol–water partition coefficient (Wildman–Crippen LogP) is 3.35. The zero-order chi connectivity index (χ0) is 18.2. The van der Waals surface area contributed by atoms with Gasteiger partial charge < -0.3 is 14.5 Å². The summed E-state index contributed by atoms with van der Waals surface area (Å²) in [6.45, 7) is 1.39. The van der Waals surface area contributed by atoms with E-state index >= 15 is 0 Å². The third-order valence-electron chi connectivity index (χ3n) is 5.43. The molecule has 0 amide bonds. The van der Waals surface area contributed by atoms with Crippen molar-refractivity contribution in [1.29, 1.82) is 0 Å². The van der Waals surface area contributed by atoms with Gasteiger partial charge in [-0.25, -0.2) is 4.98 Å². The van der Waals surface area contributed by atoms with Crippen molar-refractivity contribution in [3.05, 3.63) is 11.8 Å². The van der Waals surface area contributed by atoms with Crippen molar-refractivity contribution in [3.8, 4) is 0 Å². The molecule has 0 N–H and O–H groups in total. The van der Waals surface area contributed by atoms with Crippen molar-refractivity contribution >= 4 is 11.8 Å². The summed E-state index contributed by atoms with van der Waals surface area (Å²) in [7, 11) is 5.02. The summed E-state index contributed by atoms with van der Waals surface area (Å²) in [5.41, 5.74) is -0.871. The minimum Gasteiger partial charge on any atom is -0.381 e. The molecule has 1 aliphatic carbocycles. The second-order valence-corrected chi connectivity index (χ2v) is 7.31. The van der Waals surface area contributed by atoms with Crippen LogP contribution in [0.4, 0.5) is 24.9 Å². The van der Waals surface area contributed by atoms with Crippen molar-refractivity contribution in [1.82, 2.24) is 9.97 Å². The second kappa shape index (κ2) is 6.63. The van der Waals surface area contributed by atoms with E-state index in [1.54, 1.807) is 21.2 Å². The molecule has 0 aromatic carbocycles. The van der Waals surface area contributed by atoms with E-state index in [4.69, 9.17) is 4.74 Å². The van der Waals surface area contributed by atoms with Crippen LogP contribution < -0.4 is 9.80 Å². The third-order valence-corrected chi connectivity index (χ3v) is 5.43. The number of aromatic nitrogens is 2. The number of anilines is 2. The molecule has 2 aliphatic rings. The van der Waals surface area contributed by atoms with Gasteiger partial charge in [-0.3, -0.25) is 0 Å². The van der Waals surface area contributed by atoms with E-state index in [9.17, 15) is 13.2 Å². The lowest BCUT2D eigenvalue weighted by Crippen LogP contribution is -2.48. The lowest BCUT2D eigenvalue weighted by atomic mass is 9.76. The highest BCUT2D eigenvalue weighted by molar-refractivity contribution is 5.47. The molecule has 2 fully saturated rings. The first-order valence-corrected chi connectivity index (χ1v) is 8.66. The Hall–Kier alpha value is -1.57. The molecule has 25 heavy (non-hydrogen) atoms. The van der Waals surface area contributed by atoms with Crippen LogP contribution in [0.5, 0.6) is 0 Å². The Morgan fingerprint density at radius 1 is 1.24 bits per heavy atom. The van der Waals surface area contributed by atoms with Crippen LogP contribution >= 0.6 is 0 Å². The Balaban J connectivity index is 1.94. The van der Waals surface area contributed by atoms with Gasteiger partial charge in [0.25, 0.3) is 0 Å². The summed E-state index contributed by atoms with van der Waals surface area (Å²) >= 11 is 0. The average Bonchev–Trinajstić information content (AvgIpc) is 2.95. The van der Waals surface area contributed by atoms with E-state index in [1.165, 1.54) is 4.90 Å². The molecule has 2 heterocycles. The van der Waals surface area contributed by atoms with Crippen molar-refractivity contribution < 1.29 is 17.9 Å². The lowest BCUT2D eigenvalue weighted by Gasteiger charge is -2.44. The second-order valence-electron chi connectivity index (χ2n) is 7.31. The van der Waals surface area contributed by atoms with Gasteiger partial charge in [0.1, 0.15) is 5.82 Å². The average molecular weight is 358 g/mol. The molecular formula is C17H25F3N4O. The lowest BCUT2D eigenvalue weighted by molar-refractivity contribution is -0.141. The minimum absolute atomic E-state index is 0.0224. The van der Waals surface area contributed by atoms with Gasteiger partial charge >= 0.3 is 6.18 Å². The summed E-state index contributed by atoms with van der Waals surface area (Å²) in [4.78, 5) is 11.5. The zero-order valence-corrected chi connectivity index (χ0v) is 14.9. The standard InChI is InChI=1S/C17H25F3N4O/c1-23(2)15-21-12(17(18,19)20)10-14(22-15)24-9-5-8-16(11-24)7-4-6-13(16)25-3/h10,13H,4-9,11H2,1-3H3/t13-,16+/m1/s1. The number of rotatable bonds is 3. The minimum atomic E-state index is -4.49. The Kier molecular flexibility index (Phi) is 4.83. The van der Waals surface area contributed by atoms with Crippen LogP contribution in [0.15, 0.2) is 6.07 Å². The first-order chi connectivity index (χ1) is 11.7. The van der Waals surface area contributed by atoms with Crippen LogP contribution in [0.3, 0.4) is 0 Å². The Labute approximate surface area is 146 Å².